The van der Waals surface area contributed by atoms with Gasteiger partial charge in [0.05, 0.1) is 12.2 Å². The Labute approximate surface area is 330 Å². The van der Waals surface area contributed by atoms with Crippen molar-refractivity contribution in [1.82, 2.24) is 0 Å². The molecule has 0 amide bonds. The van der Waals surface area contributed by atoms with E-state index < -0.39 is 46.5 Å². The van der Waals surface area contributed by atoms with E-state index >= 15 is 0 Å². The lowest BCUT2D eigenvalue weighted by atomic mass is 9.96. The summed E-state index contributed by atoms with van der Waals surface area (Å²) in [5.74, 6) is 6.39. The molecular weight excluding hydrogens is 701 g/mol. The van der Waals surface area contributed by atoms with Gasteiger partial charge in [-0.05, 0) is 94.6 Å². The van der Waals surface area contributed by atoms with E-state index in [0.717, 1.165) is 6.42 Å². The van der Waals surface area contributed by atoms with Crippen molar-refractivity contribution < 1.29 is 38.0 Å². The van der Waals surface area contributed by atoms with Crippen LogP contribution in [-0.2, 0) is 27.8 Å². The number of rotatable bonds is 14. The predicted octanol–water partition coefficient (Wildman–Crippen LogP) is 10.3. The normalized spacial score (nSPS) is 25.7. The molecule has 0 bridgehead atoms. The van der Waals surface area contributed by atoms with Crippen LogP contribution < -0.4 is 0 Å². The van der Waals surface area contributed by atoms with Gasteiger partial charge in [0.15, 0.2) is 28.2 Å². The molecule has 2 rings (SSSR count). The molecule has 2 heterocycles. The van der Waals surface area contributed by atoms with Crippen molar-refractivity contribution in [2.75, 3.05) is 13.2 Å². The zero-order valence-electron chi connectivity index (χ0n) is 37.1. The van der Waals surface area contributed by atoms with Gasteiger partial charge in [-0.2, -0.15) is 0 Å². The molecule has 10 heteroatoms. The van der Waals surface area contributed by atoms with E-state index in [1.165, 1.54) is 0 Å². The second-order valence-electron chi connectivity index (χ2n) is 19.8. The second-order valence-corrected chi connectivity index (χ2v) is 29.4. The lowest BCUT2D eigenvalue weighted by Crippen LogP contribution is -2.42. The maximum absolute atomic E-state index is 10.6. The van der Waals surface area contributed by atoms with Crippen LogP contribution in [0.5, 0.6) is 0 Å². The molecule has 2 saturated heterocycles. The Kier molecular flexibility index (Phi) is 20.5. The number of aliphatic hydroxyl groups is 2. The molecule has 2 aliphatic rings. The van der Waals surface area contributed by atoms with E-state index in [-0.39, 0.29) is 41.7 Å². The Morgan fingerprint density at radius 3 is 1.42 bits per heavy atom. The van der Waals surface area contributed by atoms with Gasteiger partial charge in [-0.15, -0.1) is 0 Å². The third-order valence-electron chi connectivity index (χ3n) is 11.6. The molecule has 8 nitrogen and oxygen atoms in total. The SMILES string of the molecule is C.CC(C)[C@H](C)/C=C\C(O)[C@H]1OC(C)(C)O[C@H]1CCO[Si](C)(C)C(C)(C)C.CC(C)[C@H](C)C#CC(O)[C@H]1OC(C)(C)O[C@H]1CCO[Si](C)(C)C(C)(C)C. The van der Waals surface area contributed by atoms with Gasteiger partial charge in [0.2, 0.25) is 0 Å². The number of allylic oxidation sites excluding steroid dienone is 1. The molecular formula is C43H86O8Si2. The van der Waals surface area contributed by atoms with Crippen LogP contribution in [0.3, 0.4) is 0 Å². The third-order valence-corrected chi connectivity index (χ3v) is 20.6. The van der Waals surface area contributed by atoms with Crippen LogP contribution in [0.25, 0.3) is 0 Å². The molecule has 2 fully saturated rings. The molecule has 0 spiro atoms. The largest absolute Gasteiger partial charge is 0.417 e. The van der Waals surface area contributed by atoms with Crippen LogP contribution in [0.15, 0.2) is 12.2 Å². The van der Waals surface area contributed by atoms with E-state index in [9.17, 15) is 10.2 Å². The van der Waals surface area contributed by atoms with Crippen molar-refractivity contribution in [3.8, 4) is 11.8 Å². The Hall–Kier alpha value is -0.586. The fourth-order valence-electron chi connectivity index (χ4n) is 5.11. The fraction of sp³-hybridized carbons (Fsp3) is 0.907. The highest BCUT2D eigenvalue weighted by molar-refractivity contribution is 6.74. The van der Waals surface area contributed by atoms with Gasteiger partial charge in [-0.3, -0.25) is 0 Å². The minimum atomic E-state index is -1.79. The van der Waals surface area contributed by atoms with Gasteiger partial charge in [0.1, 0.15) is 24.4 Å². The molecule has 0 saturated carbocycles. The molecule has 2 aliphatic heterocycles. The minimum Gasteiger partial charge on any atom is -0.417 e. The molecule has 0 aromatic heterocycles. The first-order chi connectivity index (χ1) is 23.3. The number of hydrogen-bond donors (Lipinski definition) is 2. The summed E-state index contributed by atoms with van der Waals surface area (Å²) in [6.07, 6.45) is 2.66. The number of hydrogen-bond acceptors (Lipinski definition) is 8. The van der Waals surface area contributed by atoms with E-state index in [0.29, 0.717) is 37.4 Å². The highest BCUT2D eigenvalue weighted by Gasteiger charge is 2.46. The van der Waals surface area contributed by atoms with Gasteiger partial charge in [0.25, 0.3) is 0 Å². The van der Waals surface area contributed by atoms with E-state index in [1.807, 2.05) is 33.8 Å². The first-order valence-corrected chi connectivity index (χ1v) is 25.7. The lowest BCUT2D eigenvalue weighted by molar-refractivity contribution is -0.153. The van der Waals surface area contributed by atoms with Gasteiger partial charge in [0, 0.05) is 19.1 Å². The first-order valence-electron chi connectivity index (χ1n) is 19.9. The summed E-state index contributed by atoms with van der Waals surface area (Å²) in [5, 5.41) is 21.6. The van der Waals surface area contributed by atoms with Crippen LogP contribution in [0, 0.1) is 35.5 Å². The zero-order chi connectivity index (χ0) is 40.7. The molecule has 2 N–H and O–H groups in total. The smallest absolute Gasteiger partial charge is 0.191 e. The first kappa shape index (κ1) is 52.4. The molecule has 0 aliphatic carbocycles. The number of aliphatic hydroxyl groups excluding tert-OH is 2. The Bertz CT molecular complexity index is 1160. The van der Waals surface area contributed by atoms with Crippen molar-refractivity contribution in [3.63, 3.8) is 0 Å². The summed E-state index contributed by atoms with van der Waals surface area (Å²) >= 11 is 0. The predicted molar refractivity (Wildman–Crippen MR) is 227 cm³/mol. The zero-order valence-corrected chi connectivity index (χ0v) is 39.1. The minimum absolute atomic E-state index is 0. The Balaban J connectivity index is 0.00000100. The maximum atomic E-state index is 10.6. The van der Waals surface area contributed by atoms with Gasteiger partial charge in [-0.25, -0.2) is 0 Å². The highest BCUT2D eigenvalue weighted by Crippen LogP contribution is 2.39. The van der Waals surface area contributed by atoms with Crippen LogP contribution in [-0.4, -0.2) is 88.3 Å². The van der Waals surface area contributed by atoms with Crippen molar-refractivity contribution in [2.45, 2.75) is 216 Å². The highest BCUT2D eigenvalue weighted by atomic mass is 28.4. The van der Waals surface area contributed by atoms with Crippen LogP contribution in [0.1, 0.15) is 131 Å². The molecule has 0 aromatic carbocycles. The quantitative estimate of drug-likeness (QED) is 0.102. The van der Waals surface area contributed by atoms with E-state index in [1.54, 1.807) is 0 Å². The summed E-state index contributed by atoms with van der Waals surface area (Å²) in [7, 11) is -3.57. The third kappa shape index (κ3) is 17.2. The summed E-state index contributed by atoms with van der Waals surface area (Å²) in [6, 6.07) is 0. The fourth-order valence-corrected chi connectivity index (χ4v) is 7.23. The molecule has 0 radical (unpaired) electrons. The summed E-state index contributed by atoms with van der Waals surface area (Å²) < 4.78 is 36.6. The van der Waals surface area contributed by atoms with E-state index in [2.05, 4.69) is 127 Å². The van der Waals surface area contributed by atoms with E-state index in [4.69, 9.17) is 27.8 Å². The van der Waals surface area contributed by atoms with Crippen LogP contribution >= 0.6 is 0 Å². The molecule has 8 atom stereocenters. The van der Waals surface area contributed by atoms with Crippen molar-refractivity contribution in [1.29, 1.82) is 0 Å². The molecule has 314 valence electrons. The lowest BCUT2D eigenvalue weighted by Gasteiger charge is -2.36. The topological polar surface area (TPSA) is 95.8 Å². The summed E-state index contributed by atoms with van der Waals surface area (Å²) in [6.45, 7) is 44.1. The van der Waals surface area contributed by atoms with Gasteiger partial charge >= 0.3 is 0 Å². The average molecular weight is 787 g/mol. The monoisotopic (exact) mass is 787 g/mol. The molecule has 2 unspecified atom stereocenters. The molecule has 53 heavy (non-hydrogen) atoms. The van der Waals surface area contributed by atoms with Crippen LogP contribution in [0.4, 0.5) is 0 Å². The van der Waals surface area contributed by atoms with Crippen molar-refractivity contribution >= 4 is 16.6 Å². The van der Waals surface area contributed by atoms with Gasteiger partial charge < -0.3 is 38.0 Å². The molecule has 0 aromatic rings. The number of ether oxygens (including phenoxy) is 4. The van der Waals surface area contributed by atoms with Crippen molar-refractivity contribution in [3.05, 3.63) is 12.2 Å². The Morgan fingerprint density at radius 2 is 1.04 bits per heavy atom. The Morgan fingerprint density at radius 1 is 0.642 bits per heavy atom. The van der Waals surface area contributed by atoms with Crippen molar-refractivity contribution in [2.24, 2.45) is 23.7 Å². The average Bonchev–Trinajstić information content (AvgIpc) is 3.46. The summed E-state index contributed by atoms with van der Waals surface area (Å²) in [5.41, 5.74) is 0. The summed E-state index contributed by atoms with van der Waals surface area (Å²) in [4.78, 5) is 0. The van der Waals surface area contributed by atoms with Gasteiger partial charge in [-0.1, -0.05) is 115 Å². The maximum Gasteiger partial charge on any atom is 0.191 e. The standard InChI is InChI=1S/C21H42O4Si.C21H40O4Si.CH4/c2*1-15(2)16(3)11-12-17(22)19-18(24-21(7,8)25-19)13-14-23-26(9,10)20(4,5)6;/h11-12,15-19,22H,13-14H2,1-10H3;15-19,22H,13-14H2,1-10H3;1H4/b12-11-;;/t2*16-,17?,18+,19-;/m11./s1. The second kappa shape index (κ2) is 20.7. The van der Waals surface area contributed by atoms with Crippen LogP contribution in [0.2, 0.25) is 36.3 Å².